The molecule has 2 heterocycles. The lowest BCUT2D eigenvalue weighted by molar-refractivity contribution is 0.00991. The molecule has 1 amide bonds. The van der Waals surface area contributed by atoms with Gasteiger partial charge in [-0.3, -0.25) is 9.79 Å². The Bertz CT molecular complexity index is 539. The average molecular weight is 366 g/mol. The first-order valence-electron chi connectivity index (χ1n) is 9.12. The van der Waals surface area contributed by atoms with Gasteiger partial charge < -0.3 is 29.4 Å². The van der Waals surface area contributed by atoms with Crippen LogP contribution >= 0.6 is 0 Å². The highest BCUT2D eigenvalue weighted by Crippen LogP contribution is 2.14. The zero-order valence-corrected chi connectivity index (χ0v) is 15.7. The largest absolute Gasteiger partial charge is 0.459 e. The molecule has 0 bridgehead atoms. The Balaban J connectivity index is 1.61. The van der Waals surface area contributed by atoms with Crippen molar-refractivity contribution >= 4 is 11.9 Å². The number of hydrogen-bond acceptors (Lipinski definition) is 5. The average Bonchev–Trinajstić information content (AvgIpc) is 3.21. The van der Waals surface area contributed by atoms with E-state index in [0.717, 1.165) is 51.5 Å². The molecule has 1 aromatic heterocycles. The number of carbonyl (C=O) groups is 1. The molecule has 8 heteroatoms. The van der Waals surface area contributed by atoms with Gasteiger partial charge in [0.25, 0.3) is 5.91 Å². The van der Waals surface area contributed by atoms with E-state index >= 15 is 0 Å². The molecule has 0 radical (unpaired) electrons. The van der Waals surface area contributed by atoms with Gasteiger partial charge in [-0.15, -0.1) is 0 Å². The van der Waals surface area contributed by atoms with E-state index in [-0.39, 0.29) is 5.91 Å². The van der Waals surface area contributed by atoms with Gasteiger partial charge in [-0.2, -0.15) is 0 Å². The quantitative estimate of drug-likeness (QED) is 0.387. The Morgan fingerprint density at radius 2 is 2.08 bits per heavy atom. The van der Waals surface area contributed by atoms with Crippen LogP contribution in [0.1, 0.15) is 29.8 Å². The number of nitrogens with zero attached hydrogens (tertiary/aromatic N) is 2. The van der Waals surface area contributed by atoms with E-state index < -0.39 is 0 Å². The van der Waals surface area contributed by atoms with Crippen molar-refractivity contribution < 1.29 is 18.7 Å². The first kappa shape index (κ1) is 20.3. The number of guanidine groups is 1. The molecule has 0 atom stereocenters. The Morgan fingerprint density at radius 1 is 1.31 bits per heavy atom. The first-order valence-corrected chi connectivity index (χ1v) is 9.12. The molecular formula is C18H30N4O4. The second-order valence-corrected chi connectivity index (χ2v) is 6.11. The van der Waals surface area contributed by atoms with Gasteiger partial charge in [0.05, 0.1) is 12.4 Å². The summed E-state index contributed by atoms with van der Waals surface area (Å²) in [5.74, 6) is 0.968. The summed E-state index contributed by atoms with van der Waals surface area (Å²) in [5, 5.41) is 6.10. The van der Waals surface area contributed by atoms with E-state index in [1.165, 1.54) is 6.26 Å². The van der Waals surface area contributed by atoms with Crippen LogP contribution in [0.25, 0.3) is 0 Å². The first-order chi connectivity index (χ1) is 12.7. The number of methoxy groups -OCH3 is 1. The molecule has 26 heavy (non-hydrogen) atoms. The lowest BCUT2D eigenvalue weighted by atomic mass is 10.1. The SMILES string of the molecule is CN=C(NCCNC(=O)c1ccco1)N1CCC(OCCCOC)CC1. The number of hydrogen-bond donors (Lipinski definition) is 2. The van der Waals surface area contributed by atoms with Crippen LogP contribution in [-0.4, -0.2) is 76.4 Å². The number of aliphatic imine (C=N–C) groups is 1. The predicted octanol–water partition coefficient (Wildman–Crippen LogP) is 1.10. The van der Waals surface area contributed by atoms with Crippen LogP contribution in [-0.2, 0) is 9.47 Å². The van der Waals surface area contributed by atoms with Crippen molar-refractivity contribution in [2.45, 2.75) is 25.4 Å². The van der Waals surface area contributed by atoms with Crippen LogP contribution in [0.4, 0.5) is 0 Å². The molecule has 1 aromatic rings. The van der Waals surface area contributed by atoms with E-state index in [0.29, 0.717) is 25.0 Å². The summed E-state index contributed by atoms with van der Waals surface area (Å²) >= 11 is 0. The number of ether oxygens (including phenoxy) is 2. The third-order valence-electron chi connectivity index (χ3n) is 4.24. The molecule has 0 saturated carbocycles. The fourth-order valence-electron chi connectivity index (χ4n) is 2.87. The van der Waals surface area contributed by atoms with Crippen molar-refractivity contribution in [3.05, 3.63) is 24.2 Å². The van der Waals surface area contributed by atoms with Crippen molar-refractivity contribution in [3.63, 3.8) is 0 Å². The maximum atomic E-state index is 11.8. The molecule has 1 aliphatic heterocycles. The van der Waals surface area contributed by atoms with Gasteiger partial charge in [-0.05, 0) is 31.4 Å². The molecule has 146 valence electrons. The second kappa shape index (κ2) is 11.5. The Morgan fingerprint density at radius 3 is 2.73 bits per heavy atom. The van der Waals surface area contributed by atoms with Crippen LogP contribution in [0.3, 0.4) is 0 Å². The normalized spacial score (nSPS) is 15.9. The summed E-state index contributed by atoms with van der Waals surface area (Å²) in [6, 6.07) is 3.34. The number of carbonyl (C=O) groups excluding carboxylic acids is 1. The van der Waals surface area contributed by atoms with E-state index in [2.05, 4.69) is 20.5 Å². The molecule has 2 rings (SSSR count). The van der Waals surface area contributed by atoms with Gasteiger partial charge in [-0.1, -0.05) is 0 Å². The van der Waals surface area contributed by atoms with Crippen molar-refractivity contribution in [2.75, 3.05) is 53.6 Å². The molecule has 0 spiro atoms. The van der Waals surface area contributed by atoms with Gasteiger partial charge >= 0.3 is 0 Å². The molecule has 1 saturated heterocycles. The van der Waals surface area contributed by atoms with Crippen LogP contribution in [0.5, 0.6) is 0 Å². The topological polar surface area (TPSA) is 88.3 Å². The zero-order chi connectivity index (χ0) is 18.6. The van der Waals surface area contributed by atoms with Crippen LogP contribution in [0, 0.1) is 0 Å². The summed E-state index contributed by atoms with van der Waals surface area (Å²) in [4.78, 5) is 18.3. The number of likely N-dealkylation sites (tertiary alicyclic amines) is 1. The number of nitrogens with one attached hydrogen (secondary N) is 2. The third kappa shape index (κ3) is 6.68. The minimum Gasteiger partial charge on any atom is -0.459 e. The molecule has 0 aromatic carbocycles. The maximum absolute atomic E-state index is 11.8. The number of piperidine rings is 1. The summed E-state index contributed by atoms with van der Waals surface area (Å²) in [5.41, 5.74) is 0. The summed E-state index contributed by atoms with van der Waals surface area (Å²) in [6.45, 7) is 4.41. The van der Waals surface area contributed by atoms with Gasteiger partial charge in [0.15, 0.2) is 11.7 Å². The van der Waals surface area contributed by atoms with Crippen molar-refractivity contribution in [2.24, 2.45) is 4.99 Å². The summed E-state index contributed by atoms with van der Waals surface area (Å²) < 4.78 is 16.0. The molecule has 0 unspecified atom stereocenters. The standard InChI is InChI=1S/C18H30N4O4/c1-19-18(21-9-8-20-17(23)16-5-3-13-26-16)22-10-6-15(7-11-22)25-14-4-12-24-2/h3,5,13,15H,4,6-12,14H2,1-2H3,(H,19,21)(H,20,23). The zero-order valence-electron chi connectivity index (χ0n) is 15.7. The fourth-order valence-corrected chi connectivity index (χ4v) is 2.87. The lowest BCUT2D eigenvalue weighted by Crippen LogP contribution is -2.48. The second-order valence-electron chi connectivity index (χ2n) is 6.11. The van der Waals surface area contributed by atoms with E-state index in [9.17, 15) is 4.79 Å². The van der Waals surface area contributed by atoms with Crippen molar-refractivity contribution in [1.82, 2.24) is 15.5 Å². The highest BCUT2D eigenvalue weighted by Gasteiger charge is 2.21. The summed E-state index contributed by atoms with van der Waals surface area (Å²) in [6.07, 6.45) is 4.71. The molecule has 8 nitrogen and oxygen atoms in total. The maximum Gasteiger partial charge on any atom is 0.287 e. The minimum atomic E-state index is -0.210. The smallest absolute Gasteiger partial charge is 0.287 e. The number of furan rings is 1. The van der Waals surface area contributed by atoms with Crippen LogP contribution in [0.2, 0.25) is 0 Å². The van der Waals surface area contributed by atoms with Crippen molar-refractivity contribution in [1.29, 1.82) is 0 Å². The molecular weight excluding hydrogens is 336 g/mol. The monoisotopic (exact) mass is 366 g/mol. The van der Waals surface area contributed by atoms with E-state index in [1.807, 2.05) is 0 Å². The highest BCUT2D eigenvalue weighted by molar-refractivity contribution is 5.91. The van der Waals surface area contributed by atoms with E-state index in [4.69, 9.17) is 13.9 Å². The predicted molar refractivity (Wildman–Crippen MR) is 99.4 cm³/mol. The Hall–Kier alpha value is -2.06. The van der Waals surface area contributed by atoms with Crippen molar-refractivity contribution in [3.8, 4) is 0 Å². The van der Waals surface area contributed by atoms with Crippen LogP contribution in [0.15, 0.2) is 27.8 Å². The van der Waals surface area contributed by atoms with E-state index in [1.54, 1.807) is 26.3 Å². The molecule has 1 fully saturated rings. The minimum absolute atomic E-state index is 0.210. The molecule has 0 aliphatic carbocycles. The third-order valence-corrected chi connectivity index (χ3v) is 4.24. The van der Waals surface area contributed by atoms with Gasteiger partial charge in [0, 0.05) is 53.6 Å². The van der Waals surface area contributed by atoms with Gasteiger partial charge in [0.1, 0.15) is 0 Å². The Labute approximate surface area is 154 Å². The summed E-state index contributed by atoms with van der Waals surface area (Å²) in [7, 11) is 3.48. The van der Waals surface area contributed by atoms with Crippen LogP contribution < -0.4 is 10.6 Å². The number of rotatable bonds is 9. The lowest BCUT2D eigenvalue weighted by Gasteiger charge is -2.34. The van der Waals surface area contributed by atoms with Gasteiger partial charge in [0.2, 0.25) is 0 Å². The number of amides is 1. The van der Waals surface area contributed by atoms with Gasteiger partial charge in [-0.25, -0.2) is 0 Å². The fraction of sp³-hybridized carbons (Fsp3) is 0.667. The highest BCUT2D eigenvalue weighted by atomic mass is 16.5. The Kier molecular flexibility index (Phi) is 8.99. The molecule has 1 aliphatic rings. The molecule has 2 N–H and O–H groups in total.